The Morgan fingerprint density at radius 3 is 2.56 bits per heavy atom. The van der Waals surface area contributed by atoms with Crippen molar-refractivity contribution in [1.29, 1.82) is 0 Å². The Bertz CT molecular complexity index is 532. The van der Waals surface area contributed by atoms with Gasteiger partial charge in [0.25, 0.3) is 0 Å². The molecule has 0 aliphatic heterocycles. The first-order chi connectivity index (χ1) is 8.70. The number of thioether (sulfide) groups is 1. The van der Waals surface area contributed by atoms with Crippen LogP contribution in [0, 0.1) is 11.6 Å². The average molecular weight is 266 g/mol. The Labute approximate surface area is 108 Å². The number of aromatic nitrogens is 1. The largest absolute Gasteiger partial charge is 0.371 e. The van der Waals surface area contributed by atoms with Gasteiger partial charge in [0.05, 0.1) is 0 Å². The van der Waals surface area contributed by atoms with Gasteiger partial charge in [0.2, 0.25) is 0 Å². The molecule has 18 heavy (non-hydrogen) atoms. The number of nitrogens with zero attached hydrogens (tertiary/aromatic N) is 1. The van der Waals surface area contributed by atoms with Crippen LogP contribution in [0.25, 0.3) is 0 Å². The smallest absolute Gasteiger partial charge is 0.168 e. The molecular weight excluding hydrogens is 254 g/mol. The van der Waals surface area contributed by atoms with Crippen LogP contribution in [0.4, 0.5) is 14.6 Å². The molecule has 0 aliphatic rings. The van der Waals surface area contributed by atoms with Crippen LogP contribution in [0.1, 0.15) is 5.56 Å². The minimum Gasteiger partial charge on any atom is -0.371 e. The molecule has 94 valence electrons. The maximum absolute atomic E-state index is 13.5. The molecule has 0 amide bonds. The van der Waals surface area contributed by atoms with Crippen LogP contribution >= 0.6 is 11.8 Å². The molecule has 0 radical (unpaired) electrons. The van der Waals surface area contributed by atoms with E-state index in [-0.39, 0.29) is 10.8 Å². The van der Waals surface area contributed by atoms with Gasteiger partial charge in [0, 0.05) is 18.9 Å². The van der Waals surface area contributed by atoms with Crippen molar-refractivity contribution < 1.29 is 8.78 Å². The molecule has 1 N–H and O–H groups in total. The van der Waals surface area contributed by atoms with E-state index in [4.69, 9.17) is 0 Å². The van der Waals surface area contributed by atoms with E-state index in [0.29, 0.717) is 5.75 Å². The number of rotatable bonds is 4. The van der Waals surface area contributed by atoms with E-state index in [1.807, 2.05) is 30.3 Å². The molecule has 0 spiro atoms. The lowest BCUT2D eigenvalue weighted by atomic mass is 10.2. The fourth-order valence-electron chi connectivity index (χ4n) is 1.45. The standard InChI is InChI=1S/C13H12F2N2S/c1-16-12-10(14)7-11(15)13(17-12)18-8-9-5-3-2-4-6-9/h2-7H,8H2,1H3,(H,16,17). The molecular formula is C13H12F2N2S. The molecule has 0 fully saturated rings. The van der Waals surface area contributed by atoms with Crippen molar-refractivity contribution in [3.8, 4) is 0 Å². The monoisotopic (exact) mass is 266 g/mol. The second-order valence-electron chi connectivity index (χ2n) is 3.63. The van der Waals surface area contributed by atoms with Crippen LogP contribution in [-0.4, -0.2) is 12.0 Å². The predicted molar refractivity (Wildman–Crippen MR) is 69.7 cm³/mol. The second-order valence-corrected chi connectivity index (χ2v) is 4.59. The third-order valence-electron chi connectivity index (χ3n) is 2.35. The highest BCUT2D eigenvalue weighted by Crippen LogP contribution is 2.26. The number of hydrogen-bond acceptors (Lipinski definition) is 3. The van der Waals surface area contributed by atoms with Gasteiger partial charge in [-0.15, -0.1) is 0 Å². The molecule has 0 atom stereocenters. The topological polar surface area (TPSA) is 24.9 Å². The number of hydrogen-bond donors (Lipinski definition) is 1. The Morgan fingerprint density at radius 1 is 1.17 bits per heavy atom. The first kappa shape index (κ1) is 12.8. The van der Waals surface area contributed by atoms with Crippen LogP contribution < -0.4 is 5.32 Å². The van der Waals surface area contributed by atoms with Gasteiger partial charge in [-0.2, -0.15) is 0 Å². The van der Waals surface area contributed by atoms with E-state index in [1.165, 1.54) is 11.8 Å². The average Bonchev–Trinajstić information content (AvgIpc) is 2.39. The first-order valence-electron chi connectivity index (χ1n) is 5.41. The highest BCUT2D eigenvalue weighted by atomic mass is 32.2. The molecule has 0 saturated heterocycles. The number of benzene rings is 1. The van der Waals surface area contributed by atoms with Gasteiger partial charge in [0.15, 0.2) is 17.5 Å². The van der Waals surface area contributed by atoms with Gasteiger partial charge >= 0.3 is 0 Å². The lowest BCUT2D eigenvalue weighted by molar-refractivity contribution is 0.551. The van der Waals surface area contributed by atoms with Gasteiger partial charge < -0.3 is 5.32 Å². The summed E-state index contributed by atoms with van der Waals surface area (Å²) in [7, 11) is 1.55. The zero-order valence-electron chi connectivity index (χ0n) is 9.78. The third kappa shape index (κ3) is 2.98. The Balaban J connectivity index is 2.14. The summed E-state index contributed by atoms with van der Waals surface area (Å²) >= 11 is 1.25. The molecule has 2 aromatic rings. The number of pyridine rings is 1. The van der Waals surface area contributed by atoms with Gasteiger partial charge in [-0.1, -0.05) is 42.1 Å². The third-order valence-corrected chi connectivity index (χ3v) is 3.39. The summed E-state index contributed by atoms with van der Waals surface area (Å²) in [5, 5.41) is 2.79. The summed E-state index contributed by atoms with van der Waals surface area (Å²) in [6, 6.07) is 10.5. The van der Waals surface area contributed by atoms with Crippen molar-refractivity contribution in [3.63, 3.8) is 0 Å². The first-order valence-corrected chi connectivity index (χ1v) is 6.40. The van der Waals surface area contributed by atoms with Crippen molar-refractivity contribution >= 4 is 17.6 Å². The minimum atomic E-state index is -0.681. The Morgan fingerprint density at radius 2 is 1.89 bits per heavy atom. The lowest BCUT2D eigenvalue weighted by Gasteiger charge is -2.06. The van der Waals surface area contributed by atoms with Crippen molar-refractivity contribution in [2.75, 3.05) is 12.4 Å². The number of halogens is 2. The van der Waals surface area contributed by atoms with Crippen LogP contribution in [0.3, 0.4) is 0 Å². The lowest BCUT2D eigenvalue weighted by Crippen LogP contribution is -2.00. The SMILES string of the molecule is CNc1nc(SCc2ccccc2)c(F)cc1F. The molecule has 0 unspecified atom stereocenters. The van der Waals surface area contributed by atoms with Gasteiger partial charge in [-0.25, -0.2) is 13.8 Å². The summed E-state index contributed by atoms with van der Waals surface area (Å²) in [6.45, 7) is 0. The molecule has 5 heteroatoms. The van der Waals surface area contributed by atoms with Gasteiger partial charge in [-0.05, 0) is 5.56 Å². The molecule has 2 rings (SSSR count). The maximum atomic E-state index is 13.5. The summed E-state index contributed by atoms with van der Waals surface area (Å²) in [5.41, 5.74) is 1.07. The van der Waals surface area contributed by atoms with Gasteiger partial charge in [-0.3, -0.25) is 0 Å². The van der Waals surface area contributed by atoms with Gasteiger partial charge in [0.1, 0.15) is 5.03 Å². The molecule has 1 aromatic heterocycles. The molecule has 1 heterocycles. The van der Waals surface area contributed by atoms with Crippen LogP contribution in [0.2, 0.25) is 0 Å². The van der Waals surface area contributed by atoms with E-state index < -0.39 is 11.6 Å². The minimum absolute atomic E-state index is 0.0620. The maximum Gasteiger partial charge on any atom is 0.168 e. The molecule has 0 saturated carbocycles. The van der Waals surface area contributed by atoms with Crippen LogP contribution in [-0.2, 0) is 5.75 Å². The van der Waals surface area contributed by atoms with Crippen LogP contribution in [0.15, 0.2) is 41.4 Å². The molecule has 1 aromatic carbocycles. The number of nitrogens with one attached hydrogen (secondary N) is 1. The van der Waals surface area contributed by atoms with E-state index in [1.54, 1.807) is 7.05 Å². The van der Waals surface area contributed by atoms with Crippen molar-refractivity contribution in [2.45, 2.75) is 10.8 Å². The Hall–Kier alpha value is -1.62. The normalized spacial score (nSPS) is 10.4. The van der Waals surface area contributed by atoms with E-state index >= 15 is 0 Å². The second kappa shape index (κ2) is 5.82. The summed E-state index contributed by atoms with van der Waals surface area (Å²) in [6.07, 6.45) is 0. The Kier molecular flexibility index (Phi) is 4.15. The highest BCUT2D eigenvalue weighted by molar-refractivity contribution is 7.98. The zero-order chi connectivity index (χ0) is 13.0. The van der Waals surface area contributed by atoms with E-state index in [0.717, 1.165) is 11.6 Å². The summed E-state index contributed by atoms with van der Waals surface area (Å²) < 4.78 is 26.7. The zero-order valence-corrected chi connectivity index (χ0v) is 10.6. The van der Waals surface area contributed by atoms with E-state index in [2.05, 4.69) is 10.3 Å². The molecule has 0 aliphatic carbocycles. The van der Waals surface area contributed by atoms with Crippen molar-refractivity contribution in [2.24, 2.45) is 0 Å². The number of anilines is 1. The summed E-state index contributed by atoms with van der Waals surface area (Å²) in [5.74, 6) is -0.655. The van der Waals surface area contributed by atoms with Crippen LogP contribution in [0.5, 0.6) is 0 Å². The fourth-order valence-corrected chi connectivity index (χ4v) is 2.30. The highest BCUT2D eigenvalue weighted by Gasteiger charge is 2.11. The predicted octanol–water partition coefficient (Wildman–Crippen LogP) is 3.69. The van der Waals surface area contributed by atoms with Crippen molar-refractivity contribution in [1.82, 2.24) is 4.98 Å². The van der Waals surface area contributed by atoms with Crippen molar-refractivity contribution in [3.05, 3.63) is 53.6 Å². The molecule has 0 bridgehead atoms. The summed E-state index contributed by atoms with van der Waals surface area (Å²) in [4.78, 5) is 3.91. The fraction of sp³-hybridized carbons (Fsp3) is 0.154. The quantitative estimate of drug-likeness (QED) is 0.854. The molecule has 2 nitrogen and oxygen atoms in total. The van der Waals surface area contributed by atoms with E-state index in [9.17, 15) is 8.78 Å².